The molecule has 1 N–H and O–H groups in total. The number of nitro benzene ring substituents is 1. The molecule has 0 bridgehead atoms. The number of nitrogens with zero attached hydrogens (tertiary/aromatic N) is 3. The highest BCUT2D eigenvalue weighted by atomic mass is 16.6. The minimum Gasteiger partial charge on any atom is -0.310 e. The van der Waals surface area contributed by atoms with Crippen LogP contribution in [0.2, 0.25) is 0 Å². The quantitative estimate of drug-likeness (QED) is 0.639. The fourth-order valence-corrected chi connectivity index (χ4v) is 3.38. The summed E-state index contributed by atoms with van der Waals surface area (Å²) < 4.78 is 0. The fraction of sp³-hybridized carbons (Fsp3) is 0.389. The molecule has 1 aliphatic rings. The summed E-state index contributed by atoms with van der Waals surface area (Å²) in [5, 5.41) is 13.7. The Hall–Kier alpha value is -2.83. The van der Waals surface area contributed by atoms with Crippen LogP contribution in [0.5, 0.6) is 0 Å². The van der Waals surface area contributed by atoms with E-state index in [4.69, 9.17) is 0 Å². The molecule has 0 radical (unpaired) electrons. The van der Waals surface area contributed by atoms with Crippen LogP contribution >= 0.6 is 0 Å². The Balaban J connectivity index is 1.80. The molecule has 1 heterocycles. The normalized spacial score (nSPS) is 15.7. The number of benzene rings is 1. The highest BCUT2D eigenvalue weighted by Gasteiger charge is 2.27. The standard InChI is InChI=1S/C18H20N4O3/c23-18(21-17-9-10-19-12-20-17)16(11-13-3-1-2-4-13)14-5-7-15(8-6-14)22(24)25/h5-10,12-13,16H,1-4,11H2,(H,19,20,21,23). The zero-order valence-electron chi connectivity index (χ0n) is 13.8. The number of carbonyl (C=O) groups excluding carboxylic acids is 1. The third-order valence-corrected chi connectivity index (χ3v) is 4.70. The summed E-state index contributed by atoms with van der Waals surface area (Å²) in [6.45, 7) is 0. The first kappa shape index (κ1) is 17.0. The van der Waals surface area contributed by atoms with E-state index < -0.39 is 4.92 Å². The van der Waals surface area contributed by atoms with Crippen molar-refractivity contribution in [1.82, 2.24) is 9.97 Å². The number of hydrogen-bond acceptors (Lipinski definition) is 5. The molecule has 0 saturated heterocycles. The van der Waals surface area contributed by atoms with Crippen LogP contribution in [0, 0.1) is 16.0 Å². The second-order valence-electron chi connectivity index (χ2n) is 6.37. The number of nitro groups is 1. The lowest BCUT2D eigenvalue weighted by molar-refractivity contribution is -0.384. The van der Waals surface area contributed by atoms with Gasteiger partial charge in [-0.3, -0.25) is 14.9 Å². The number of nitrogens with one attached hydrogen (secondary N) is 1. The van der Waals surface area contributed by atoms with Crippen molar-refractivity contribution in [2.75, 3.05) is 5.32 Å². The molecule has 1 aromatic carbocycles. The Morgan fingerprint density at radius 2 is 1.96 bits per heavy atom. The number of non-ortho nitro benzene ring substituents is 1. The number of anilines is 1. The van der Waals surface area contributed by atoms with E-state index in [9.17, 15) is 14.9 Å². The van der Waals surface area contributed by atoms with Gasteiger partial charge in [0, 0.05) is 18.3 Å². The van der Waals surface area contributed by atoms with E-state index in [0.717, 1.165) is 24.8 Å². The van der Waals surface area contributed by atoms with Crippen LogP contribution in [-0.4, -0.2) is 20.8 Å². The predicted octanol–water partition coefficient (Wildman–Crippen LogP) is 3.69. The Labute approximate surface area is 145 Å². The summed E-state index contributed by atoms with van der Waals surface area (Å²) in [5.41, 5.74) is 0.823. The van der Waals surface area contributed by atoms with Gasteiger partial charge in [0.1, 0.15) is 12.1 Å². The Kier molecular flexibility index (Phi) is 5.33. The fourth-order valence-electron chi connectivity index (χ4n) is 3.38. The molecule has 7 heteroatoms. The van der Waals surface area contributed by atoms with Crippen LogP contribution in [0.15, 0.2) is 42.9 Å². The topological polar surface area (TPSA) is 98.0 Å². The summed E-state index contributed by atoms with van der Waals surface area (Å²) >= 11 is 0. The molecule has 130 valence electrons. The van der Waals surface area contributed by atoms with Crippen molar-refractivity contribution in [3.05, 3.63) is 58.5 Å². The number of carbonyl (C=O) groups is 1. The molecule has 0 spiro atoms. The zero-order chi connectivity index (χ0) is 17.6. The number of aromatic nitrogens is 2. The third-order valence-electron chi connectivity index (χ3n) is 4.70. The molecule has 25 heavy (non-hydrogen) atoms. The molecule has 1 amide bonds. The van der Waals surface area contributed by atoms with Gasteiger partial charge < -0.3 is 5.32 Å². The van der Waals surface area contributed by atoms with E-state index in [-0.39, 0.29) is 17.5 Å². The largest absolute Gasteiger partial charge is 0.310 e. The first-order valence-electron chi connectivity index (χ1n) is 8.44. The average Bonchev–Trinajstić information content (AvgIpc) is 3.14. The number of amides is 1. The summed E-state index contributed by atoms with van der Waals surface area (Å²) in [4.78, 5) is 31.1. The molecule has 1 saturated carbocycles. The maximum absolute atomic E-state index is 12.8. The highest BCUT2D eigenvalue weighted by molar-refractivity contribution is 5.95. The first-order valence-corrected chi connectivity index (χ1v) is 8.44. The van der Waals surface area contributed by atoms with Gasteiger partial charge in [0.25, 0.3) is 5.69 Å². The Morgan fingerprint density at radius 1 is 1.24 bits per heavy atom. The molecule has 1 atom stereocenters. The lowest BCUT2D eigenvalue weighted by Gasteiger charge is -2.20. The number of rotatable bonds is 6. The van der Waals surface area contributed by atoms with Gasteiger partial charge in [-0.05, 0) is 24.0 Å². The molecule has 1 aromatic heterocycles. The van der Waals surface area contributed by atoms with Gasteiger partial charge >= 0.3 is 0 Å². The maximum atomic E-state index is 12.8. The molecule has 1 unspecified atom stereocenters. The second kappa shape index (κ2) is 7.83. The molecule has 1 aliphatic carbocycles. The van der Waals surface area contributed by atoms with Gasteiger partial charge in [-0.1, -0.05) is 37.8 Å². The van der Waals surface area contributed by atoms with Gasteiger partial charge in [-0.15, -0.1) is 0 Å². The second-order valence-corrected chi connectivity index (χ2v) is 6.37. The van der Waals surface area contributed by atoms with E-state index in [0.29, 0.717) is 11.7 Å². The Morgan fingerprint density at radius 3 is 2.56 bits per heavy atom. The lowest BCUT2D eigenvalue weighted by atomic mass is 9.87. The van der Waals surface area contributed by atoms with Crippen LogP contribution in [0.4, 0.5) is 11.5 Å². The average molecular weight is 340 g/mol. The van der Waals surface area contributed by atoms with Crippen molar-refractivity contribution in [3.63, 3.8) is 0 Å². The van der Waals surface area contributed by atoms with Crippen LogP contribution in [0.25, 0.3) is 0 Å². The van der Waals surface area contributed by atoms with Gasteiger partial charge in [0.05, 0.1) is 10.8 Å². The first-order chi connectivity index (χ1) is 12.1. The minimum atomic E-state index is -0.434. The highest BCUT2D eigenvalue weighted by Crippen LogP contribution is 2.35. The van der Waals surface area contributed by atoms with Crippen molar-refractivity contribution in [2.45, 2.75) is 38.0 Å². The molecular weight excluding hydrogens is 320 g/mol. The monoisotopic (exact) mass is 340 g/mol. The lowest BCUT2D eigenvalue weighted by Crippen LogP contribution is -2.23. The molecule has 1 fully saturated rings. The molecule has 0 aliphatic heterocycles. The third kappa shape index (κ3) is 4.37. The molecule has 2 aromatic rings. The van der Waals surface area contributed by atoms with E-state index >= 15 is 0 Å². The van der Waals surface area contributed by atoms with Gasteiger partial charge in [-0.25, -0.2) is 9.97 Å². The van der Waals surface area contributed by atoms with Crippen LogP contribution < -0.4 is 5.32 Å². The molecule has 3 rings (SSSR count). The van der Waals surface area contributed by atoms with Gasteiger partial charge in [-0.2, -0.15) is 0 Å². The maximum Gasteiger partial charge on any atom is 0.269 e. The van der Waals surface area contributed by atoms with E-state index in [1.54, 1.807) is 24.4 Å². The summed E-state index contributed by atoms with van der Waals surface area (Å²) in [5.74, 6) is 0.480. The van der Waals surface area contributed by atoms with E-state index in [1.165, 1.54) is 31.3 Å². The van der Waals surface area contributed by atoms with E-state index in [2.05, 4.69) is 15.3 Å². The van der Waals surface area contributed by atoms with Crippen molar-refractivity contribution in [3.8, 4) is 0 Å². The van der Waals surface area contributed by atoms with Crippen molar-refractivity contribution in [1.29, 1.82) is 0 Å². The van der Waals surface area contributed by atoms with E-state index in [1.807, 2.05) is 0 Å². The molecule has 7 nitrogen and oxygen atoms in total. The molecular formula is C18H20N4O3. The van der Waals surface area contributed by atoms with Crippen LogP contribution in [0.3, 0.4) is 0 Å². The van der Waals surface area contributed by atoms with Crippen LogP contribution in [-0.2, 0) is 4.79 Å². The zero-order valence-corrected chi connectivity index (χ0v) is 13.8. The summed E-state index contributed by atoms with van der Waals surface area (Å²) in [6, 6.07) is 7.90. The van der Waals surface area contributed by atoms with Crippen LogP contribution in [0.1, 0.15) is 43.6 Å². The summed E-state index contributed by atoms with van der Waals surface area (Å²) in [6.07, 6.45) is 8.35. The smallest absolute Gasteiger partial charge is 0.269 e. The number of hydrogen-bond donors (Lipinski definition) is 1. The van der Waals surface area contributed by atoms with Gasteiger partial charge in [0.2, 0.25) is 5.91 Å². The van der Waals surface area contributed by atoms with Crippen molar-refractivity contribution in [2.24, 2.45) is 5.92 Å². The Bertz CT molecular complexity index is 728. The van der Waals surface area contributed by atoms with Gasteiger partial charge in [0.15, 0.2) is 0 Å². The minimum absolute atomic E-state index is 0.0274. The van der Waals surface area contributed by atoms with Crippen molar-refractivity contribution >= 4 is 17.4 Å². The summed E-state index contributed by atoms with van der Waals surface area (Å²) in [7, 11) is 0. The predicted molar refractivity (Wildman–Crippen MR) is 93.1 cm³/mol. The SMILES string of the molecule is O=C(Nc1ccncn1)C(CC1CCCC1)c1ccc([N+](=O)[O-])cc1. The van der Waals surface area contributed by atoms with Crippen molar-refractivity contribution < 1.29 is 9.72 Å².